The summed E-state index contributed by atoms with van der Waals surface area (Å²) >= 11 is 6.07. The number of halogens is 1. The van der Waals surface area contributed by atoms with Crippen LogP contribution in [0.5, 0.6) is 5.75 Å². The molecule has 0 fully saturated rings. The van der Waals surface area contributed by atoms with Crippen molar-refractivity contribution in [3.05, 3.63) is 64.7 Å². The van der Waals surface area contributed by atoms with Gasteiger partial charge in [-0.2, -0.15) is 0 Å². The van der Waals surface area contributed by atoms with Crippen LogP contribution >= 0.6 is 11.6 Å². The maximum atomic E-state index is 12.6. The number of hydrogen-bond donors (Lipinski definition) is 2. The van der Waals surface area contributed by atoms with Crippen molar-refractivity contribution in [3.63, 3.8) is 0 Å². The Hall–Kier alpha value is -2.97. The summed E-state index contributed by atoms with van der Waals surface area (Å²) in [6, 6.07) is 13.6. The highest BCUT2D eigenvalue weighted by molar-refractivity contribution is 6.33. The summed E-state index contributed by atoms with van der Waals surface area (Å²) in [4.78, 5) is 25.1. The number of benzene rings is 2. The van der Waals surface area contributed by atoms with E-state index in [4.69, 9.17) is 22.8 Å². The van der Waals surface area contributed by atoms with E-state index >= 15 is 0 Å². The third-order valence-electron chi connectivity index (χ3n) is 4.31. The van der Waals surface area contributed by atoms with Crippen molar-refractivity contribution < 1.29 is 14.3 Å². The van der Waals surface area contributed by atoms with E-state index in [0.717, 1.165) is 5.56 Å². The van der Waals surface area contributed by atoms with E-state index in [0.29, 0.717) is 29.3 Å². The van der Waals surface area contributed by atoms with Crippen molar-refractivity contribution in [1.29, 1.82) is 0 Å². The SMILES string of the molecule is C#CCOc1ccc(CCNC(=O)C(NC(=O)c2ccccc2Cl)C(C)C)cc1. The molecule has 2 rings (SSSR count). The Morgan fingerprint density at radius 3 is 2.45 bits per heavy atom. The van der Waals surface area contributed by atoms with Crippen LogP contribution in [0.15, 0.2) is 48.5 Å². The van der Waals surface area contributed by atoms with Crippen LogP contribution in [0.2, 0.25) is 5.02 Å². The van der Waals surface area contributed by atoms with Gasteiger partial charge in [0.05, 0.1) is 10.6 Å². The van der Waals surface area contributed by atoms with Gasteiger partial charge in [-0.3, -0.25) is 9.59 Å². The molecule has 0 aliphatic heterocycles. The second-order valence-corrected chi connectivity index (χ2v) is 7.26. The molecule has 0 bridgehead atoms. The van der Waals surface area contributed by atoms with Gasteiger partial charge in [-0.05, 0) is 42.2 Å². The van der Waals surface area contributed by atoms with Crippen molar-refractivity contribution in [2.24, 2.45) is 5.92 Å². The van der Waals surface area contributed by atoms with Gasteiger partial charge in [0.2, 0.25) is 5.91 Å². The predicted octanol–water partition coefficient (Wildman–Crippen LogP) is 3.47. The molecule has 0 aliphatic carbocycles. The zero-order valence-corrected chi connectivity index (χ0v) is 17.3. The molecule has 1 unspecified atom stereocenters. The minimum absolute atomic E-state index is 0.0750. The number of amides is 2. The van der Waals surface area contributed by atoms with Crippen molar-refractivity contribution in [2.45, 2.75) is 26.3 Å². The molecule has 0 spiro atoms. The Bertz CT molecular complexity index is 872. The lowest BCUT2D eigenvalue weighted by atomic mass is 10.0. The maximum absolute atomic E-state index is 12.6. The van der Waals surface area contributed by atoms with E-state index in [1.54, 1.807) is 24.3 Å². The molecule has 0 aliphatic rings. The summed E-state index contributed by atoms with van der Waals surface area (Å²) in [7, 11) is 0. The predicted molar refractivity (Wildman–Crippen MR) is 115 cm³/mol. The smallest absolute Gasteiger partial charge is 0.253 e. The molecular weight excluding hydrogens is 388 g/mol. The van der Waals surface area contributed by atoms with Crippen molar-refractivity contribution in [3.8, 4) is 18.1 Å². The fraction of sp³-hybridized carbons (Fsp3) is 0.304. The Morgan fingerprint density at radius 1 is 1.14 bits per heavy atom. The first kappa shape index (κ1) is 22.3. The zero-order chi connectivity index (χ0) is 21.2. The minimum atomic E-state index is -0.654. The first-order valence-electron chi connectivity index (χ1n) is 9.40. The standard InChI is InChI=1S/C23H25ClN2O3/c1-4-15-29-18-11-9-17(10-12-18)13-14-25-23(28)21(16(2)3)26-22(27)19-7-5-6-8-20(19)24/h1,5-12,16,21H,13-15H2,2-3H3,(H,25,28)(H,26,27). The highest BCUT2D eigenvalue weighted by Crippen LogP contribution is 2.16. The van der Waals surface area contributed by atoms with Gasteiger partial charge >= 0.3 is 0 Å². The van der Waals surface area contributed by atoms with Crippen LogP contribution in [0.3, 0.4) is 0 Å². The highest BCUT2D eigenvalue weighted by atomic mass is 35.5. The number of rotatable bonds is 9. The molecule has 1 atom stereocenters. The van der Waals surface area contributed by atoms with Crippen LogP contribution in [-0.2, 0) is 11.2 Å². The molecule has 5 nitrogen and oxygen atoms in total. The van der Waals surface area contributed by atoms with Gasteiger partial charge in [-0.1, -0.05) is 55.6 Å². The quantitative estimate of drug-likeness (QED) is 0.620. The van der Waals surface area contributed by atoms with Crippen LogP contribution < -0.4 is 15.4 Å². The largest absolute Gasteiger partial charge is 0.481 e. The Labute approximate surface area is 176 Å². The van der Waals surface area contributed by atoms with E-state index < -0.39 is 6.04 Å². The van der Waals surface area contributed by atoms with Gasteiger partial charge in [0.25, 0.3) is 5.91 Å². The van der Waals surface area contributed by atoms with E-state index in [2.05, 4.69) is 16.6 Å². The second kappa shape index (κ2) is 11.1. The summed E-state index contributed by atoms with van der Waals surface area (Å²) in [5.74, 6) is 2.45. The topological polar surface area (TPSA) is 67.4 Å². The van der Waals surface area contributed by atoms with Gasteiger partial charge in [-0.15, -0.1) is 6.42 Å². The molecule has 2 amide bonds. The number of hydrogen-bond acceptors (Lipinski definition) is 3. The summed E-state index contributed by atoms with van der Waals surface area (Å²) in [6.07, 6.45) is 5.83. The summed E-state index contributed by atoms with van der Waals surface area (Å²) in [5.41, 5.74) is 1.40. The summed E-state index contributed by atoms with van der Waals surface area (Å²) < 4.78 is 5.34. The molecule has 0 saturated heterocycles. The monoisotopic (exact) mass is 412 g/mol. The molecule has 0 heterocycles. The fourth-order valence-corrected chi connectivity index (χ4v) is 2.94. The van der Waals surface area contributed by atoms with Crippen LogP contribution in [0.25, 0.3) is 0 Å². The number of carbonyl (C=O) groups is 2. The van der Waals surface area contributed by atoms with Crippen LogP contribution in [0.4, 0.5) is 0 Å². The molecule has 0 saturated carbocycles. The number of nitrogens with one attached hydrogen (secondary N) is 2. The van der Waals surface area contributed by atoms with E-state index in [9.17, 15) is 9.59 Å². The lowest BCUT2D eigenvalue weighted by Gasteiger charge is -2.22. The van der Waals surface area contributed by atoms with Gasteiger partial charge < -0.3 is 15.4 Å². The molecule has 2 aromatic carbocycles. The first-order valence-corrected chi connectivity index (χ1v) is 9.78. The third-order valence-corrected chi connectivity index (χ3v) is 4.64. The molecule has 0 aromatic heterocycles. The maximum Gasteiger partial charge on any atom is 0.253 e. The number of terminal acetylenes is 1. The molecule has 0 radical (unpaired) electrons. The molecule has 6 heteroatoms. The molecule has 29 heavy (non-hydrogen) atoms. The lowest BCUT2D eigenvalue weighted by molar-refractivity contribution is -0.123. The summed E-state index contributed by atoms with van der Waals surface area (Å²) in [6.45, 7) is 4.44. The highest BCUT2D eigenvalue weighted by Gasteiger charge is 2.25. The van der Waals surface area contributed by atoms with Gasteiger partial charge in [0.1, 0.15) is 18.4 Å². The van der Waals surface area contributed by atoms with Crippen LogP contribution in [0, 0.1) is 18.3 Å². The Balaban J connectivity index is 1.88. The molecule has 2 aromatic rings. The molecule has 152 valence electrons. The van der Waals surface area contributed by atoms with Crippen molar-refractivity contribution in [1.82, 2.24) is 10.6 Å². The second-order valence-electron chi connectivity index (χ2n) is 6.85. The molecule has 2 N–H and O–H groups in total. The zero-order valence-electron chi connectivity index (χ0n) is 16.6. The van der Waals surface area contributed by atoms with Crippen molar-refractivity contribution >= 4 is 23.4 Å². The molecular formula is C23H25ClN2O3. The lowest BCUT2D eigenvalue weighted by Crippen LogP contribution is -2.50. The average Bonchev–Trinajstić information content (AvgIpc) is 2.71. The van der Waals surface area contributed by atoms with Gasteiger partial charge in [-0.25, -0.2) is 0 Å². The van der Waals surface area contributed by atoms with Crippen LogP contribution in [0.1, 0.15) is 29.8 Å². The minimum Gasteiger partial charge on any atom is -0.481 e. The first-order chi connectivity index (χ1) is 13.9. The number of ether oxygens (including phenoxy) is 1. The third kappa shape index (κ3) is 6.85. The van der Waals surface area contributed by atoms with Gasteiger partial charge in [0, 0.05) is 6.54 Å². The van der Waals surface area contributed by atoms with E-state index in [-0.39, 0.29) is 24.3 Å². The summed E-state index contributed by atoms with van der Waals surface area (Å²) in [5, 5.41) is 6.02. The Morgan fingerprint density at radius 2 is 1.83 bits per heavy atom. The average molecular weight is 413 g/mol. The van der Waals surface area contributed by atoms with Gasteiger partial charge in [0.15, 0.2) is 0 Å². The van der Waals surface area contributed by atoms with Crippen molar-refractivity contribution in [2.75, 3.05) is 13.2 Å². The normalized spacial score (nSPS) is 11.4. The number of carbonyl (C=O) groups excluding carboxylic acids is 2. The fourth-order valence-electron chi connectivity index (χ4n) is 2.72. The van der Waals surface area contributed by atoms with Crippen LogP contribution in [-0.4, -0.2) is 31.0 Å². The van der Waals surface area contributed by atoms with E-state index in [1.165, 1.54) is 0 Å². The van der Waals surface area contributed by atoms with E-state index in [1.807, 2.05) is 38.1 Å². The Kier molecular flexibility index (Phi) is 8.57.